The van der Waals surface area contributed by atoms with Crippen molar-refractivity contribution in [1.29, 1.82) is 0 Å². The number of aliphatic imine (C=N–C) groups is 2. The molecule has 2 rings (SSSR count). The van der Waals surface area contributed by atoms with Crippen molar-refractivity contribution >= 4 is 18.1 Å². The van der Waals surface area contributed by atoms with Crippen LogP contribution in [0.15, 0.2) is 64.6 Å². The highest BCUT2D eigenvalue weighted by molar-refractivity contribution is 6.00. The monoisotopic (exact) mass is 337 g/mol. The number of carbonyl (C=O) groups excluding carboxylic acids is 1. The highest BCUT2D eigenvalue weighted by Gasteiger charge is 2.04. The van der Waals surface area contributed by atoms with E-state index in [1.54, 1.807) is 12.1 Å². The van der Waals surface area contributed by atoms with Gasteiger partial charge in [0.15, 0.2) is 0 Å². The van der Waals surface area contributed by atoms with Crippen LogP contribution in [-0.4, -0.2) is 24.6 Å². The summed E-state index contributed by atoms with van der Waals surface area (Å²) in [6, 6.07) is 17.0. The van der Waals surface area contributed by atoms with Crippen molar-refractivity contribution in [2.24, 2.45) is 15.7 Å². The van der Waals surface area contributed by atoms with Crippen LogP contribution < -0.4 is 16.6 Å². The highest BCUT2D eigenvalue weighted by atomic mass is 16.1. The maximum atomic E-state index is 10.8. The summed E-state index contributed by atoms with van der Waals surface area (Å²) in [5.74, 6) is 0.926. The number of benzene rings is 2. The number of hydrogen-bond donors (Lipinski definition) is 3. The first-order valence-electron chi connectivity index (χ1n) is 8.19. The molecule has 0 aliphatic rings. The fourth-order valence-electron chi connectivity index (χ4n) is 2.07. The van der Waals surface area contributed by atoms with E-state index in [1.165, 1.54) is 0 Å². The average molecular weight is 337 g/mol. The predicted octanol–water partition coefficient (Wildman–Crippen LogP) is 2.26. The lowest BCUT2D eigenvalue weighted by Crippen LogP contribution is -2.46. The molecule has 0 aliphatic carbocycles. The topological polar surface area (TPSA) is 91.9 Å². The number of hydrogen-bond acceptors (Lipinski definition) is 3. The number of carbonyl (C=O) groups is 1. The lowest BCUT2D eigenvalue weighted by molar-refractivity contribution is 0.112. The molecule has 2 aromatic rings. The van der Waals surface area contributed by atoms with Crippen molar-refractivity contribution in [2.75, 3.05) is 6.54 Å². The highest BCUT2D eigenvalue weighted by Crippen LogP contribution is 2.03. The van der Waals surface area contributed by atoms with Crippen LogP contribution in [0.2, 0.25) is 0 Å². The van der Waals surface area contributed by atoms with Crippen molar-refractivity contribution in [2.45, 2.75) is 19.9 Å². The van der Waals surface area contributed by atoms with Crippen LogP contribution in [0.1, 0.15) is 34.8 Å². The van der Waals surface area contributed by atoms with Gasteiger partial charge < -0.3 is 5.73 Å². The summed E-state index contributed by atoms with van der Waals surface area (Å²) in [4.78, 5) is 19.6. The Morgan fingerprint density at radius 1 is 1.04 bits per heavy atom. The quantitative estimate of drug-likeness (QED) is 0.326. The van der Waals surface area contributed by atoms with Crippen LogP contribution in [0.4, 0.5) is 0 Å². The molecule has 6 heteroatoms. The number of amidine groups is 1. The van der Waals surface area contributed by atoms with Gasteiger partial charge in [0, 0.05) is 17.7 Å². The molecule has 0 radical (unpaired) electrons. The number of nitrogens with two attached hydrogens (primary N) is 1. The van der Waals surface area contributed by atoms with Crippen molar-refractivity contribution in [3.63, 3.8) is 0 Å². The third-order valence-corrected chi connectivity index (χ3v) is 3.40. The van der Waals surface area contributed by atoms with Gasteiger partial charge in [0.2, 0.25) is 5.96 Å². The SMILES string of the molecule is CCCN=C(NNC(N)=NCc1ccccc1)c1ccc(C=O)cc1. The zero-order valence-corrected chi connectivity index (χ0v) is 14.3. The van der Waals surface area contributed by atoms with Crippen LogP contribution in [0.25, 0.3) is 0 Å². The summed E-state index contributed by atoms with van der Waals surface area (Å²) in [5.41, 5.74) is 14.3. The number of nitrogens with zero attached hydrogens (tertiary/aromatic N) is 2. The lowest BCUT2D eigenvalue weighted by Gasteiger charge is -2.12. The lowest BCUT2D eigenvalue weighted by atomic mass is 10.1. The minimum atomic E-state index is 0.276. The summed E-state index contributed by atoms with van der Waals surface area (Å²) < 4.78 is 0. The fourth-order valence-corrected chi connectivity index (χ4v) is 2.07. The Balaban J connectivity index is 2.00. The van der Waals surface area contributed by atoms with E-state index in [9.17, 15) is 4.79 Å². The molecule has 6 nitrogen and oxygen atoms in total. The zero-order valence-electron chi connectivity index (χ0n) is 14.3. The maximum absolute atomic E-state index is 10.8. The molecule has 0 atom stereocenters. The zero-order chi connectivity index (χ0) is 17.9. The second-order valence-corrected chi connectivity index (χ2v) is 5.41. The van der Waals surface area contributed by atoms with Crippen molar-refractivity contribution < 1.29 is 4.79 Å². The molecule has 2 aromatic carbocycles. The van der Waals surface area contributed by atoms with E-state index in [0.29, 0.717) is 24.5 Å². The smallest absolute Gasteiger partial charge is 0.208 e. The minimum Gasteiger partial charge on any atom is -0.369 e. The molecule has 0 aliphatic heterocycles. The molecular weight excluding hydrogens is 314 g/mol. The Kier molecular flexibility index (Phi) is 7.18. The number of rotatable bonds is 6. The molecule has 0 amide bonds. The fraction of sp³-hybridized carbons (Fsp3) is 0.211. The van der Waals surface area contributed by atoms with E-state index < -0.39 is 0 Å². The van der Waals surface area contributed by atoms with Crippen molar-refractivity contribution in [3.8, 4) is 0 Å². The molecule has 0 heterocycles. The molecule has 0 bridgehead atoms. The van der Waals surface area contributed by atoms with Gasteiger partial charge in [-0.05, 0) is 12.0 Å². The van der Waals surface area contributed by atoms with Gasteiger partial charge in [-0.1, -0.05) is 61.5 Å². The Morgan fingerprint density at radius 2 is 1.76 bits per heavy atom. The summed E-state index contributed by atoms with van der Waals surface area (Å²) in [5, 5.41) is 0. The first-order chi connectivity index (χ1) is 12.2. The molecule has 130 valence electrons. The Labute approximate surface area is 147 Å². The van der Waals surface area contributed by atoms with Gasteiger partial charge in [0.1, 0.15) is 12.1 Å². The van der Waals surface area contributed by atoms with Crippen molar-refractivity contribution in [3.05, 3.63) is 71.3 Å². The summed E-state index contributed by atoms with van der Waals surface area (Å²) in [7, 11) is 0. The molecule has 25 heavy (non-hydrogen) atoms. The average Bonchev–Trinajstić information content (AvgIpc) is 2.67. The molecule has 0 saturated heterocycles. The minimum absolute atomic E-state index is 0.276. The van der Waals surface area contributed by atoms with Gasteiger partial charge in [-0.15, -0.1) is 0 Å². The van der Waals surface area contributed by atoms with E-state index in [4.69, 9.17) is 5.73 Å². The summed E-state index contributed by atoms with van der Waals surface area (Å²) in [6.07, 6.45) is 1.74. The maximum Gasteiger partial charge on any atom is 0.208 e. The Bertz CT molecular complexity index is 723. The molecule has 0 unspecified atom stereocenters. The largest absolute Gasteiger partial charge is 0.369 e. The second-order valence-electron chi connectivity index (χ2n) is 5.41. The van der Waals surface area contributed by atoms with Crippen molar-refractivity contribution in [1.82, 2.24) is 10.9 Å². The summed E-state index contributed by atoms with van der Waals surface area (Å²) >= 11 is 0. The van der Waals surface area contributed by atoms with Gasteiger partial charge in [-0.3, -0.25) is 20.6 Å². The van der Waals surface area contributed by atoms with Crippen LogP contribution in [0.5, 0.6) is 0 Å². The van der Waals surface area contributed by atoms with Crippen LogP contribution in [-0.2, 0) is 6.54 Å². The van der Waals surface area contributed by atoms with Crippen LogP contribution >= 0.6 is 0 Å². The van der Waals surface area contributed by atoms with Crippen LogP contribution in [0, 0.1) is 0 Å². The molecule has 0 spiro atoms. The number of nitrogens with one attached hydrogen (secondary N) is 2. The number of hydrazine groups is 1. The van der Waals surface area contributed by atoms with Crippen LogP contribution in [0.3, 0.4) is 0 Å². The van der Waals surface area contributed by atoms with Gasteiger partial charge in [-0.2, -0.15) is 0 Å². The first kappa shape index (κ1) is 18.2. The molecule has 0 saturated carbocycles. The van der Waals surface area contributed by atoms with Gasteiger partial charge in [-0.25, -0.2) is 4.99 Å². The Hall–Kier alpha value is -3.15. The van der Waals surface area contributed by atoms with Gasteiger partial charge in [0.25, 0.3) is 0 Å². The molecule has 0 fully saturated rings. The normalized spacial score (nSPS) is 11.9. The van der Waals surface area contributed by atoms with E-state index in [-0.39, 0.29) is 5.96 Å². The second kappa shape index (κ2) is 9.87. The third-order valence-electron chi connectivity index (χ3n) is 3.40. The van der Waals surface area contributed by atoms with E-state index in [1.807, 2.05) is 42.5 Å². The van der Waals surface area contributed by atoms with Gasteiger partial charge >= 0.3 is 0 Å². The molecule has 0 aromatic heterocycles. The van der Waals surface area contributed by atoms with Gasteiger partial charge in [0.05, 0.1) is 6.54 Å². The third kappa shape index (κ3) is 6.10. The molecule has 4 N–H and O–H groups in total. The van der Waals surface area contributed by atoms with E-state index >= 15 is 0 Å². The van der Waals surface area contributed by atoms with E-state index in [0.717, 1.165) is 23.8 Å². The standard InChI is InChI=1S/C19H23N5O/c1-2-12-21-18(17-10-8-16(14-25)9-11-17)23-24-19(20)22-13-15-6-4-3-5-7-15/h3-11,14H,2,12-13H2,1H3,(H,21,23)(H3,20,22,24). The first-order valence-corrected chi connectivity index (χ1v) is 8.19. The predicted molar refractivity (Wildman–Crippen MR) is 102 cm³/mol. The number of aldehydes is 1. The number of guanidine groups is 1. The summed E-state index contributed by atoms with van der Waals surface area (Å²) in [6.45, 7) is 3.23. The Morgan fingerprint density at radius 3 is 2.40 bits per heavy atom. The van der Waals surface area contributed by atoms with E-state index in [2.05, 4.69) is 27.8 Å². The molecular formula is C19H23N5O.